The zero-order valence-corrected chi connectivity index (χ0v) is 19.4. The summed E-state index contributed by atoms with van der Waals surface area (Å²) in [6, 6.07) is 16.3. The lowest BCUT2D eigenvalue weighted by molar-refractivity contribution is 0.0918. The second kappa shape index (κ2) is 9.84. The van der Waals surface area contributed by atoms with Crippen molar-refractivity contribution < 1.29 is 13.2 Å². The summed E-state index contributed by atoms with van der Waals surface area (Å²) in [7, 11) is -3.24. The average Bonchev–Trinajstić information content (AvgIpc) is 2.82. The van der Waals surface area contributed by atoms with Crippen LogP contribution in [0.1, 0.15) is 42.2 Å². The van der Waals surface area contributed by atoms with Gasteiger partial charge in [0.25, 0.3) is 11.5 Å². The third-order valence-corrected chi connectivity index (χ3v) is 7.98. The fraction of sp³-hybridized carbons (Fsp3) is 0.375. The molecule has 0 saturated carbocycles. The number of nitrogens with zero attached hydrogens (tertiary/aromatic N) is 3. The highest BCUT2D eigenvalue weighted by atomic mass is 32.2. The zero-order chi connectivity index (χ0) is 23.4. The second-order valence-electron chi connectivity index (χ2n) is 8.31. The second-order valence-corrected chi connectivity index (χ2v) is 10.4. The van der Waals surface area contributed by atoms with Gasteiger partial charge in [-0.2, -0.15) is 5.10 Å². The number of amides is 1. The van der Waals surface area contributed by atoms with E-state index in [9.17, 15) is 18.0 Å². The standard InChI is InChI=1S/C24H28N4O4S/c1-2-16-33(31,32)27-14-12-19(13-15-27)25-23(29)22-20-10-6-7-11-21(20)24(30)28(26-22)17-18-8-4-3-5-9-18/h3-11,19H,2,12-17H2,1H3,(H,25,29). The van der Waals surface area contributed by atoms with Crippen LogP contribution in [0.2, 0.25) is 0 Å². The number of aromatic nitrogens is 2. The van der Waals surface area contributed by atoms with Gasteiger partial charge in [0, 0.05) is 24.5 Å². The van der Waals surface area contributed by atoms with E-state index >= 15 is 0 Å². The van der Waals surface area contributed by atoms with Crippen molar-refractivity contribution in [1.82, 2.24) is 19.4 Å². The lowest BCUT2D eigenvalue weighted by Crippen LogP contribution is -2.47. The summed E-state index contributed by atoms with van der Waals surface area (Å²) in [4.78, 5) is 26.2. The molecule has 1 amide bonds. The molecule has 2 heterocycles. The molecule has 0 aliphatic carbocycles. The number of fused-ring (bicyclic) bond motifs is 1. The fourth-order valence-corrected chi connectivity index (χ4v) is 5.73. The van der Waals surface area contributed by atoms with Crippen molar-refractivity contribution in [3.8, 4) is 0 Å². The molecule has 0 unspecified atom stereocenters. The Hall–Kier alpha value is -3.04. The Morgan fingerprint density at radius 2 is 1.67 bits per heavy atom. The molecular weight excluding hydrogens is 440 g/mol. The molecule has 0 radical (unpaired) electrons. The summed E-state index contributed by atoms with van der Waals surface area (Å²) >= 11 is 0. The molecule has 1 aliphatic rings. The Labute approximate surface area is 193 Å². The highest BCUT2D eigenvalue weighted by molar-refractivity contribution is 7.89. The summed E-state index contributed by atoms with van der Waals surface area (Å²) in [5.74, 6) is -0.217. The molecule has 8 nitrogen and oxygen atoms in total. The topological polar surface area (TPSA) is 101 Å². The first-order chi connectivity index (χ1) is 15.9. The van der Waals surface area contributed by atoms with Crippen molar-refractivity contribution in [2.24, 2.45) is 0 Å². The van der Waals surface area contributed by atoms with Crippen molar-refractivity contribution in [2.45, 2.75) is 38.8 Å². The summed E-state index contributed by atoms with van der Waals surface area (Å²) in [6.07, 6.45) is 1.66. The maximum atomic E-state index is 13.2. The molecular formula is C24H28N4O4S. The Balaban J connectivity index is 1.56. The number of carbonyl (C=O) groups excluding carboxylic acids is 1. The van der Waals surface area contributed by atoms with Gasteiger partial charge in [0.2, 0.25) is 10.0 Å². The number of benzene rings is 2. The number of carbonyl (C=O) groups is 1. The number of hydrogen-bond acceptors (Lipinski definition) is 5. The fourth-order valence-electron chi connectivity index (χ4n) is 4.19. The molecule has 3 aromatic rings. The van der Waals surface area contributed by atoms with E-state index in [0.717, 1.165) is 5.56 Å². The van der Waals surface area contributed by atoms with Crippen molar-refractivity contribution in [3.63, 3.8) is 0 Å². The molecule has 33 heavy (non-hydrogen) atoms. The van der Waals surface area contributed by atoms with E-state index in [1.165, 1.54) is 8.99 Å². The van der Waals surface area contributed by atoms with Crippen molar-refractivity contribution in [1.29, 1.82) is 0 Å². The molecule has 0 atom stereocenters. The lowest BCUT2D eigenvalue weighted by atomic mass is 10.1. The van der Waals surface area contributed by atoms with E-state index in [0.29, 0.717) is 43.1 Å². The third-order valence-electron chi connectivity index (χ3n) is 5.90. The largest absolute Gasteiger partial charge is 0.348 e. The van der Waals surface area contributed by atoms with Crippen LogP contribution in [0.5, 0.6) is 0 Å². The van der Waals surface area contributed by atoms with Crippen LogP contribution in [0.25, 0.3) is 10.8 Å². The van der Waals surface area contributed by atoms with Gasteiger partial charge in [-0.25, -0.2) is 17.4 Å². The van der Waals surface area contributed by atoms with Crippen LogP contribution in [0.3, 0.4) is 0 Å². The molecule has 1 N–H and O–H groups in total. The van der Waals surface area contributed by atoms with Crippen LogP contribution >= 0.6 is 0 Å². The highest BCUT2D eigenvalue weighted by Gasteiger charge is 2.29. The number of rotatable bonds is 7. The maximum absolute atomic E-state index is 13.2. The Kier molecular flexibility index (Phi) is 6.90. The van der Waals surface area contributed by atoms with Crippen LogP contribution in [0, 0.1) is 0 Å². The monoisotopic (exact) mass is 468 g/mol. The normalized spacial score (nSPS) is 15.5. The van der Waals surface area contributed by atoms with E-state index < -0.39 is 10.0 Å². The van der Waals surface area contributed by atoms with Gasteiger partial charge in [-0.3, -0.25) is 9.59 Å². The predicted octanol–water partition coefficient (Wildman–Crippen LogP) is 2.38. The van der Waals surface area contributed by atoms with Crippen LogP contribution in [-0.2, 0) is 16.6 Å². The minimum atomic E-state index is -3.24. The van der Waals surface area contributed by atoms with E-state index in [1.807, 2.05) is 37.3 Å². The lowest BCUT2D eigenvalue weighted by Gasteiger charge is -2.31. The molecule has 2 aromatic carbocycles. The molecule has 1 aliphatic heterocycles. The highest BCUT2D eigenvalue weighted by Crippen LogP contribution is 2.18. The van der Waals surface area contributed by atoms with Crippen molar-refractivity contribution in [2.75, 3.05) is 18.8 Å². The van der Waals surface area contributed by atoms with Gasteiger partial charge in [-0.1, -0.05) is 55.5 Å². The van der Waals surface area contributed by atoms with Gasteiger partial charge in [0.05, 0.1) is 17.7 Å². The minimum Gasteiger partial charge on any atom is -0.348 e. The molecule has 9 heteroatoms. The van der Waals surface area contributed by atoms with E-state index in [4.69, 9.17) is 0 Å². The number of piperidine rings is 1. The first kappa shape index (κ1) is 23.1. The number of sulfonamides is 1. The minimum absolute atomic E-state index is 0.142. The van der Waals surface area contributed by atoms with Gasteiger partial charge in [0.1, 0.15) is 0 Å². The Morgan fingerprint density at radius 1 is 1.03 bits per heavy atom. The molecule has 1 saturated heterocycles. The predicted molar refractivity (Wildman–Crippen MR) is 128 cm³/mol. The Bertz CT molecular complexity index is 1300. The van der Waals surface area contributed by atoms with Gasteiger partial charge < -0.3 is 5.32 Å². The zero-order valence-electron chi connectivity index (χ0n) is 18.6. The van der Waals surface area contributed by atoms with E-state index in [-0.39, 0.29) is 35.5 Å². The first-order valence-electron chi connectivity index (χ1n) is 11.2. The molecule has 1 aromatic heterocycles. The van der Waals surface area contributed by atoms with Gasteiger partial charge >= 0.3 is 0 Å². The summed E-state index contributed by atoms with van der Waals surface area (Å²) in [6.45, 7) is 2.88. The van der Waals surface area contributed by atoms with Crippen molar-refractivity contribution in [3.05, 3.63) is 76.2 Å². The first-order valence-corrected chi connectivity index (χ1v) is 12.8. The third kappa shape index (κ3) is 5.15. The van der Waals surface area contributed by atoms with Crippen LogP contribution in [-0.4, -0.2) is 53.3 Å². The van der Waals surface area contributed by atoms with E-state index in [2.05, 4.69) is 10.4 Å². The quantitative estimate of drug-likeness (QED) is 0.574. The van der Waals surface area contributed by atoms with Gasteiger partial charge in [-0.05, 0) is 30.9 Å². The van der Waals surface area contributed by atoms with Crippen molar-refractivity contribution >= 4 is 26.7 Å². The molecule has 174 valence electrons. The van der Waals surface area contributed by atoms with Crippen LogP contribution < -0.4 is 10.9 Å². The smallest absolute Gasteiger partial charge is 0.274 e. The maximum Gasteiger partial charge on any atom is 0.274 e. The summed E-state index contributed by atoms with van der Waals surface area (Å²) in [5, 5.41) is 8.37. The SMILES string of the molecule is CCCS(=O)(=O)N1CCC(NC(=O)c2nn(Cc3ccccc3)c(=O)c3ccccc23)CC1. The average molecular weight is 469 g/mol. The van der Waals surface area contributed by atoms with Gasteiger partial charge in [0.15, 0.2) is 5.69 Å². The molecule has 0 bridgehead atoms. The summed E-state index contributed by atoms with van der Waals surface area (Å²) < 4.78 is 27.4. The number of nitrogens with one attached hydrogen (secondary N) is 1. The van der Waals surface area contributed by atoms with Gasteiger partial charge in [-0.15, -0.1) is 0 Å². The number of hydrogen-bond donors (Lipinski definition) is 1. The van der Waals surface area contributed by atoms with E-state index in [1.54, 1.807) is 24.3 Å². The Morgan fingerprint density at radius 3 is 2.33 bits per heavy atom. The van der Waals surface area contributed by atoms with Crippen LogP contribution in [0.15, 0.2) is 59.4 Å². The molecule has 4 rings (SSSR count). The summed E-state index contributed by atoms with van der Waals surface area (Å²) in [5.41, 5.74) is 0.858. The van der Waals surface area contributed by atoms with Crippen LogP contribution in [0.4, 0.5) is 0 Å². The molecule has 1 fully saturated rings. The molecule has 0 spiro atoms.